The fourth-order valence-corrected chi connectivity index (χ4v) is 1.28. The van der Waals surface area contributed by atoms with E-state index in [9.17, 15) is 4.79 Å². The molecule has 0 spiro atoms. The molecular formula is C10H6ClN2O. The topological polar surface area (TPSA) is 45.8 Å². The molecule has 1 radical (unpaired) electrons. The molecule has 1 heterocycles. The van der Waals surface area contributed by atoms with Gasteiger partial charge in [-0.05, 0) is 23.8 Å². The number of carbonyl (C=O) groups excluding carboxylic acids is 1. The molecule has 2 aromatic rings. The lowest BCUT2D eigenvalue weighted by Crippen LogP contribution is -1.77. The third kappa shape index (κ3) is 1.67. The van der Waals surface area contributed by atoms with E-state index >= 15 is 0 Å². The Labute approximate surface area is 85.7 Å². The lowest BCUT2D eigenvalue weighted by Gasteiger charge is -1.95. The van der Waals surface area contributed by atoms with Crippen LogP contribution in [0.5, 0.6) is 0 Å². The third-order valence-electron chi connectivity index (χ3n) is 1.84. The van der Waals surface area contributed by atoms with Gasteiger partial charge in [0.15, 0.2) is 0 Å². The second-order valence-electron chi connectivity index (χ2n) is 2.78. The molecule has 0 atom stereocenters. The smallest absolute Gasteiger partial charge is 0.255 e. The zero-order valence-corrected chi connectivity index (χ0v) is 7.88. The van der Waals surface area contributed by atoms with Crippen molar-refractivity contribution in [1.82, 2.24) is 10.2 Å². The van der Waals surface area contributed by atoms with Crippen LogP contribution in [0.15, 0.2) is 30.3 Å². The zero-order chi connectivity index (χ0) is 9.97. The highest BCUT2D eigenvalue weighted by atomic mass is 35.5. The van der Waals surface area contributed by atoms with Crippen LogP contribution in [0, 0.1) is 0 Å². The van der Waals surface area contributed by atoms with E-state index in [-0.39, 0.29) is 5.69 Å². The van der Waals surface area contributed by atoms with Crippen LogP contribution >= 0.6 is 11.6 Å². The Morgan fingerprint density at radius 2 is 2.00 bits per heavy atom. The first-order valence-corrected chi connectivity index (χ1v) is 4.37. The number of rotatable bonds is 2. The minimum absolute atomic E-state index is 0.273. The van der Waals surface area contributed by atoms with E-state index in [1.807, 2.05) is 12.1 Å². The predicted octanol–water partition coefficient (Wildman–Crippen LogP) is 2.19. The van der Waals surface area contributed by atoms with Gasteiger partial charge >= 0.3 is 0 Å². The normalized spacial score (nSPS) is 10.1. The molecule has 0 aliphatic heterocycles. The Morgan fingerprint density at radius 1 is 1.29 bits per heavy atom. The molecule has 0 aliphatic carbocycles. The van der Waals surface area contributed by atoms with Gasteiger partial charge in [-0.3, -0.25) is 9.89 Å². The first-order chi connectivity index (χ1) is 6.79. The van der Waals surface area contributed by atoms with Gasteiger partial charge in [-0.25, -0.2) is 0 Å². The summed E-state index contributed by atoms with van der Waals surface area (Å²) in [4.78, 5) is 10.3. The van der Waals surface area contributed by atoms with Crippen LogP contribution < -0.4 is 0 Å². The van der Waals surface area contributed by atoms with Crippen molar-refractivity contribution < 1.29 is 4.79 Å². The lowest BCUT2D eigenvalue weighted by molar-refractivity contribution is 0.561. The van der Waals surface area contributed by atoms with Crippen molar-refractivity contribution in [3.8, 4) is 11.3 Å². The van der Waals surface area contributed by atoms with E-state index in [1.54, 1.807) is 24.5 Å². The first kappa shape index (κ1) is 8.97. The molecule has 1 aromatic carbocycles. The highest BCUT2D eigenvalue weighted by molar-refractivity contribution is 6.30. The number of H-pyrrole nitrogens is 1. The fraction of sp³-hybridized carbons (Fsp3) is 0. The summed E-state index contributed by atoms with van der Waals surface area (Å²) in [7, 11) is 0. The second-order valence-corrected chi connectivity index (χ2v) is 3.21. The average molecular weight is 206 g/mol. The number of nitrogens with zero attached hydrogens (tertiary/aromatic N) is 1. The Kier molecular flexibility index (Phi) is 2.33. The summed E-state index contributed by atoms with van der Waals surface area (Å²) in [5, 5.41) is 7.17. The molecule has 0 amide bonds. The van der Waals surface area contributed by atoms with Crippen LogP contribution in [0.4, 0.5) is 0 Å². The van der Waals surface area contributed by atoms with E-state index in [0.29, 0.717) is 5.02 Å². The standard InChI is InChI=1S/C10H6ClN2O/c11-8-3-1-7(2-4-8)10-5-9(6-14)12-13-10/h1-5H,(H,12,13). The third-order valence-corrected chi connectivity index (χ3v) is 2.09. The quantitative estimate of drug-likeness (QED) is 0.817. The van der Waals surface area contributed by atoms with Crippen molar-refractivity contribution in [3.05, 3.63) is 41.0 Å². The van der Waals surface area contributed by atoms with E-state index in [2.05, 4.69) is 10.2 Å². The van der Waals surface area contributed by atoms with Crippen molar-refractivity contribution >= 4 is 17.9 Å². The Balaban J connectivity index is 2.39. The Bertz CT molecular complexity index is 447. The molecule has 0 saturated carbocycles. The van der Waals surface area contributed by atoms with E-state index in [0.717, 1.165) is 11.3 Å². The van der Waals surface area contributed by atoms with Gasteiger partial charge < -0.3 is 0 Å². The van der Waals surface area contributed by atoms with Gasteiger partial charge in [0, 0.05) is 5.02 Å². The molecule has 14 heavy (non-hydrogen) atoms. The molecular weight excluding hydrogens is 200 g/mol. The number of hydrogen-bond donors (Lipinski definition) is 1. The number of aromatic amines is 1. The SMILES string of the molecule is O=[C]c1cc(-c2ccc(Cl)cc2)[nH]n1. The molecule has 1 aromatic heterocycles. The van der Waals surface area contributed by atoms with Gasteiger partial charge in [-0.15, -0.1) is 0 Å². The van der Waals surface area contributed by atoms with E-state index in [4.69, 9.17) is 11.6 Å². The van der Waals surface area contributed by atoms with Gasteiger partial charge in [0.05, 0.1) is 5.69 Å². The molecule has 2 rings (SSSR count). The average Bonchev–Trinajstić information content (AvgIpc) is 2.67. The molecule has 0 saturated heterocycles. The van der Waals surface area contributed by atoms with E-state index in [1.165, 1.54) is 0 Å². The van der Waals surface area contributed by atoms with E-state index < -0.39 is 0 Å². The van der Waals surface area contributed by atoms with Gasteiger partial charge in [0.1, 0.15) is 5.69 Å². The van der Waals surface area contributed by atoms with Crippen LogP contribution in [-0.4, -0.2) is 16.5 Å². The highest BCUT2D eigenvalue weighted by Gasteiger charge is 2.02. The molecule has 69 valence electrons. The number of aromatic nitrogens is 2. The minimum atomic E-state index is 0.273. The van der Waals surface area contributed by atoms with Crippen LogP contribution in [0.25, 0.3) is 11.3 Å². The van der Waals surface area contributed by atoms with Crippen LogP contribution in [0.1, 0.15) is 5.69 Å². The summed E-state index contributed by atoms with van der Waals surface area (Å²) >= 11 is 5.74. The number of benzene rings is 1. The maximum absolute atomic E-state index is 10.3. The molecule has 0 bridgehead atoms. The molecule has 4 heteroatoms. The first-order valence-electron chi connectivity index (χ1n) is 3.99. The Morgan fingerprint density at radius 3 is 2.57 bits per heavy atom. The minimum Gasteiger partial charge on any atom is -0.283 e. The summed E-state index contributed by atoms with van der Waals surface area (Å²) < 4.78 is 0. The van der Waals surface area contributed by atoms with Crippen LogP contribution in [0.2, 0.25) is 5.02 Å². The molecule has 3 nitrogen and oxygen atoms in total. The van der Waals surface area contributed by atoms with Crippen LogP contribution in [-0.2, 0) is 4.79 Å². The summed E-state index contributed by atoms with van der Waals surface area (Å²) in [6.07, 6.45) is 1.71. The number of halogens is 1. The van der Waals surface area contributed by atoms with Gasteiger partial charge in [-0.2, -0.15) is 5.10 Å². The van der Waals surface area contributed by atoms with Gasteiger partial charge in [-0.1, -0.05) is 23.7 Å². The van der Waals surface area contributed by atoms with Gasteiger partial charge in [0.2, 0.25) is 0 Å². The number of nitrogens with one attached hydrogen (secondary N) is 1. The maximum atomic E-state index is 10.3. The van der Waals surface area contributed by atoms with Crippen molar-refractivity contribution in [1.29, 1.82) is 0 Å². The predicted molar refractivity (Wildman–Crippen MR) is 53.8 cm³/mol. The van der Waals surface area contributed by atoms with Gasteiger partial charge in [0.25, 0.3) is 6.29 Å². The maximum Gasteiger partial charge on any atom is 0.255 e. The summed E-state index contributed by atoms with van der Waals surface area (Å²) in [5.41, 5.74) is 1.98. The number of hydrogen-bond acceptors (Lipinski definition) is 2. The summed E-state index contributed by atoms with van der Waals surface area (Å²) in [5.74, 6) is 0. The van der Waals surface area contributed by atoms with Crippen molar-refractivity contribution in [2.45, 2.75) is 0 Å². The molecule has 0 aliphatic rings. The summed E-state index contributed by atoms with van der Waals surface area (Å²) in [6, 6.07) is 8.90. The highest BCUT2D eigenvalue weighted by Crippen LogP contribution is 2.19. The zero-order valence-electron chi connectivity index (χ0n) is 7.12. The summed E-state index contributed by atoms with van der Waals surface area (Å²) in [6.45, 7) is 0. The second kappa shape index (κ2) is 3.64. The largest absolute Gasteiger partial charge is 0.283 e. The van der Waals surface area contributed by atoms with Crippen molar-refractivity contribution in [2.24, 2.45) is 0 Å². The van der Waals surface area contributed by atoms with Crippen LogP contribution in [0.3, 0.4) is 0 Å². The Hall–Kier alpha value is -1.61. The van der Waals surface area contributed by atoms with Crippen molar-refractivity contribution in [3.63, 3.8) is 0 Å². The molecule has 0 unspecified atom stereocenters. The van der Waals surface area contributed by atoms with Crippen molar-refractivity contribution in [2.75, 3.05) is 0 Å². The monoisotopic (exact) mass is 205 g/mol. The lowest BCUT2D eigenvalue weighted by atomic mass is 10.1. The molecule has 1 N–H and O–H groups in total. The molecule has 0 fully saturated rings. The fourth-order valence-electron chi connectivity index (χ4n) is 1.15.